The molecule has 10 heteroatoms. The van der Waals surface area contributed by atoms with Gasteiger partial charge in [0.2, 0.25) is 17.1 Å². The minimum atomic E-state index is 0.0574. The van der Waals surface area contributed by atoms with Gasteiger partial charge in [-0.2, -0.15) is 13.7 Å². The summed E-state index contributed by atoms with van der Waals surface area (Å²) in [5.74, 6) is 0.172. The van der Waals surface area contributed by atoms with Gasteiger partial charge in [-0.05, 0) is 69.8 Å². The molecule has 308 valence electrons. The van der Waals surface area contributed by atoms with E-state index >= 15 is 0 Å². The average molecular weight is 834 g/mol. The number of pyridine rings is 3. The van der Waals surface area contributed by atoms with Crippen LogP contribution in [0.1, 0.15) is 16.7 Å². The van der Waals surface area contributed by atoms with Gasteiger partial charge in [0.05, 0.1) is 0 Å². The first-order valence-electron chi connectivity index (χ1n) is 20.7. The second-order valence-electron chi connectivity index (χ2n) is 15.3. The summed E-state index contributed by atoms with van der Waals surface area (Å²) in [6.45, 7) is 0. The largest absolute Gasteiger partial charge is 0.384 e. The number of anilines is 3. The molecule has 6 aromatic carbocycles. The van der Waals surface area contributed by atoms with Gasteiger partial charge < -0.3 is 22.1 Å². The van der Waals surface area contributed by atoms with Crippen LogP contribution in [-0.4, -0.2) is 17.5 Å². The van der Waals surface area contributed by atoms with Gasteiger partial charge in [-0.1, -0.05) is 72.8 Å². The third kappa shape index (κ3) is 8.60. The molecule has 0 saturated carbocycles. The van der Waals surface area contributed by atoms with E-state index in [4.69, 9.17) is 33.4 Å². The number of benzene rings is 6. The van der Waals surface area contributed by atoms with Gasteiger partial charge in [-0.3, -0.25) is 16.2 Å². The molecule has 64 heavy (non-hydrogen) atoms. The Morgan fingerprint density at radius 3 is 0.688 bits per heavy atom. The lowest BCUT2D eigenvalue weighted by Gasteiger charge is -2.25. The lowest BCUT2D eigenvalue weighted by atomic mass is 10.0. The number of aromatic nitrogens is 3. The van der Waals surface area contributed by atoms with Crippen molar-refractivity contribution in [2.75, 3.05) is 4.90 Å². The molecule has 10 nitrogen and oxygen atoms in total. The number of hydrogen-bond acceptors (Lipinski definition) is 4. The quantitative estimate of drug-likeness (QED) is 0.0412. The zero-order chi connectivity index (χ0) is 44.2. The zero-order valence-corrected chi connectivity index (χ0v) is 34.8. The molecule has 9 aromatic rings. The number of nitrogens with zero attached hydrogens (tertiary/aromatic N) is 4. The van der Waals surface area contributed by atoms with E-state index in [0.29, 0.717) is 16.7 Å². The Morgan fingerprint density at radius 1 is 0.281 bits per heavy atom. The summed E-state index contributed by atoms with van der Waals surface area (Å²) in [4.78, 5) is 2.26. The molecule has 0 aliphatic carbocycles. The van der Waals surface area contributed by atoms with Crippen LogP contribution in [-0.2, 0) is 0 Å². The van der Waals surface area contributed by atoms with Crippen molar-refractivity contribution >= 4 is 34.6 Å². The third-order valence-corrected chi connectivity index (χ3v) is 11.3. The van der Waals surface area contributed by atoms with E-state index in [2.05, 4.69) is 165 Å². The molecular weight excluding hydrogens is 789 g/mol. The molecule has 0 amide bonds. The highest BCUT2D eigenvalue weighted by Crippen LogP contribution is 2.35. The predicted octanol–water partition coefficient (Wildman–Crippen LogP) is 8.84. The Morgan fingerprint density at radius 2 is 0.484 bits per heavy atom. The molecule has 0 spiro atoms. The van der Waals surface area contributed by atoms with E-state index in [-0.39, 0.29) is 17.5 Å². The van der Waals surface area contributed by atoms with E-state index in [1.165, 1.54) is 0 Å². The molecule has 0 unspecified atom stereocenters. The Kier molecular flexibility index (Phi) is 11.1. The Bertz CT molecular complexity index is 2750. The molecule has 0 bridgehead atoms. The highest BCUT2D eigenvalue weighted by atomic mass is 15.1. The Hall–Kier alpha value is -9.02. The van der Waals surface area contributed by atoms with Crippen LogP contribution in [0.3, 0.4) is 0 Å². The molecule has 0 aliphatic rings. The highest BCUT2D eigenvalue weighted by molar-refractivity contribution is 5.96. The summed E-state index contributed by atoms with van der Waals surface area (Å²) in [6.07, 6.45) is 12.3. The summed E-state index contributed by atoms with van der Waals surface area (Å²) in [5, 5.41) is 23.1. The van der Waals surface area contributed by atoms with Crippen molar-refractivity contribution in [3.63, 3.8) is 0 Å². The van der Waals surface area contributed by atoms with E-state index in [1.807, 2.05) is 72.8 Å². The summed E-state index contributed by atoms with van der Waals surface area (Å²) in [5.41, 5.74) is 31.6. The summed E-state index contributed by atoms with van der Waals surface area (Å²) in [7, 11) is 0. The van der Waals surface area contributed by atoms with Crippen LogP contribution in [0, 0.1) is 16.2 Å². The number of hydrogen-bond donors (Lipinski definition) is 6. The number of nitrogens with one attached hydrogen (secondary N) is 3. The number of nitrogens with two attached hydrogens (primary N) is 3. The first-order valence-corrected chi connectivity index (χ1v) is 20.7. The summed E-state index contributed by atoms with van der Waals surface area (Å²) >= 11 is 0. The van der Waals surface area contributed by atoms with E-state index in [0.717, 1.165) is 67.5 Å². The standard InChI is InChI=1S/C54H45N10/c55-52(56)43-7-1-37(2-8-43)40-25-31-61(32-26-40)46-13-19-49(20-14-46)64(50-21-15-47(16-22-50)62-33-27-41(28-34-62)38-3-9-44(10-4-38)53(57)58)51-23-17-48(18-24-51)63-35-29-42(30-36-63)39-5-11-45(12-6-39)54(59)60/h1-36H,(H3,55,56)(H3,57,58)(H3,59,60)/q+3. The topological polar surface area (TPSA) is 164 Å². The van der Waals surface area contributed by atoms with Crippen LogP contribution >= 0.6 is 0 Å². The second kappa shape index (κ2) is 17.5. The number of nitrogen functional groups attached to an aromatic ring is 3. The van der Waals surface area contributed by atoms with Gasteiger partial charge >= 0.3 is 0 Å². The molecule has 3 heterocycles. The monoisotopic (exact) mass is 833 g/mol. The third-order valence-electron chi connectivity index (χ3n) is 11.3. The molecule has 0 radical (unpaired) electrons. The van der Waals surface area contributed by atoms with Crippen LogP contribution < -0.4 is 35.8 Å². The normalized spacial score (nSPS) is 10.9. The minimum Gasteiger partial charge on any atom is -0.384 e. The first-order chi connectivity index (χ1) is 31.2. The van der Waals surface area contributed by atoms with Crippen molar-refractivity contribution in [1.29, 1.82) is 16.2 Å². The van der Waals surface area contributed by atoms with Crippen molar-refractivity contribution in [3.8, 4) is 50.4 Å². The Balaban J connectivity index is 0.989. The predicted molar refractivity (Wildman–Crippen MR) is 255 cm³/mol. The van der Waals surface area contributed by atoms with Crippen LogP contribution in [0.5, 0.6) is 0 Å². The highest BCUT2D eigenvalue weighted by Gasteiger charge is 2.18. The van der Waals surface area contributed by atoms with Gasteiger partial charge in [0.15, 0.2) is 37.2 Å². The van der Waals surface area contributed by atoms with Crippen molar-refractivity contribution < 1.29 is 13.7 Å². The second-order valence-corrected chi connectivity index (χ2v) is 15.3. The van der Waals surface area contributed by atoms with Gasteiger partial charge in [0.1, 0.15) is 17.5 Å². The maximum Gasteiger partial charge on any atom is 0.210 e. The fourth-order valence-corrected chi connectivity index (χ4v) is 7.67. The molecule has 0 fully saturated rings. The fraction of sp³-hybridized carbons (Fsp3) is 0. The smallest absolute Gasteiger partial charge is 0.210 e. The van der Waals surface area contributed by atoms with Crippen molar-refractivity contribution in [1.82, 2.24) is 0 Å². The van der Waals surface area contributed by atoms with Crippen molar-refractivity contribution in [3.05, 3.63) is 236 Å². The lowest BCUT2D eigenvalue weighted by Crippen LogP contribution is -2.29. The number of rotatable bonds is 12. The SMILES string of the molecule is N=C(N)c1ccc(-c2cc[n+](-c3ccc(N(c4ccc(-[n+]5ccc(-c6ccc(C(=N)N)cc6)cc5)cc4)c4ccc(-[n+]5ccc(-c6ccc(C(=N)N)cc6)cc5)cc4)cc3)cc2)cc1. The maximum atomic E-state index is 7.69. The van der Waals surface area contributed by atoms with Crippen molar-refractivity contribution in [2.45, 2.75) is 0 Å². The molecular formula is C54H45N10+3. The van der Waals surface area contributed by atoms with Crippen LogP contribution in [0.4, 0.5) is 17.1 Å². The molecule has 3 aromatic heterocycles. The Labute approximate surface area is 371 Å². The van der Waals surface area contributed by atoms with Crippen LogP contribution in [0.25, 0.3) is 50.4 Å². The van der Waals surface area contributed by atoms with E-state index < -0.39 is 0 Å². The van der Waals surface area contributed by atoms with Gasteiger partial charge in [-0.25, -0.2) is 0 Å². The summed E-state index contributed by atoms with van der Waals surface area (Å²) < 4.78 is 6.29. The van der Waals surface area contributed by atoms with Crippen molar-refractivity contribution in [2.24, 2.45) is 17.2 Å². The van der Waals surface area contributed by atoms with Crippen LogP contribution in [0.2, 0.25) is 0 Å². The number of amidine groups is 3. The minimum absolute atomic E-state index is 0.0574. The van der Waals surface area contributed by atoms with Gasteiger partial charge in [0, 0.05) is 107 Å². The summed E-state index contributed by atoms with van der Waals surface area (Å²) in [6, 6.07) is 61.3. The van der Waals surface area contributed by atoms with Gasteiger partial charge in [-0.15, -0.1) is 0 Å². The molecule has 0 saturated heterocycles. The van der Waals surface area contributed by atoms with E-state index in [9.17, 15) is 0 Å². The van der Waals surface area contributed by atoms with Gasteiger partial charge in [0.25, 0.3) is 0 Å². The first kappa shape index (κ1) is 40.4. The van der Waals surface area contributed by atoms with E-state index in [1.54, 1.807) is 0 Å². The lowest BCUT2D eigenvalue weighted by molar-refractivity contribution is -0.595. The fourth-order valence-electron chi connectivity index (χ4n) is 7.67. The van der Waals surface area contributed by atoms with Crippen LogP contribution in [0.15, 0.2) is 219 Å². The average Bonchev–Trinajstić information content (AvgIpc) is 3.35. The zero-order valence-electron chi connectivity index (χ0n) is 34.8. The molecule has 9 N–H and O–H groups in total. The maximum absolute atomic E-state index is 7.69. The molecule has 0 aliphatic heterocycles. The molecule has 9 rings (SSSR count). The molecule has 0 atom stereocenters.